The molecule has 2 rings (SSSR count). The summed E-state index contributed by atoms with van der Waals surface area (Å²) in [6.45, 7) is -0.259. The molecule has 3 nitrogen and oxygen atoms in total. The number of aliphatic hydroxyl groups excluding tert-OH is 1. The molecule has 22 heavy (non-hydrogen) atoms. The van der Waals surface area contributed by atoms with Gasteiger partial charge in [0, 0.05) is 0 Å². The highest BCUT2D eigenvalue weighted by molar-refractivity contribution is 6.39. The number of rotatable bonds is 5. The maximum atomic E-state index is 12.9. The smallest absolute Gasteiger partial charge is 0.254 e. The average molecular weight is 342 g/mol. The SMILES string of the molecule is O=C(N[C@@H](CO)Cc1ccc(F)cc1)c1c(Cl)cccc1Cl. The third kappa shape index (κ3) is 4.19. The van der Waals surface area contributed by atoms with E-state index in [1.54, 1.807) is 30.3 Å². The fraction of sp³-hybridized carbons (Fsp3) is 0.188. The highest BCUT2D eigenvalue weighted by Gasteiger charge is 2.18. The molecule has 0 heterocycles. The van der Waals surface area contributed by atoms with E-state index < -0.39 is 11.9 Å². The maximum Gasteiger partial charge on any atom is 0.254 e. The molecular weight excluding hydrogens is 328 g/mol. The first-order valence-electron chi connectivity index (χ1n) is 6.61. The number of halogens is 3. The molecule has 1 atom stereocenters. The van der Waals surface area contributed by atoms with E-state index in [1.165, 1.54) is 12.1 Å². The lowest BCUT2D eigenvalue weighted by Gasteiger charge is -2.17. The summed E-state index contributed by atoms with van der Waals surface area (Å²) in [5, 5.41) is 12.6. The standard InChI is InChI=1S/C16H14Cl2FNO2/c17-13-2-1-3-14(18)15(13)16(22)20-12(9-21)8-10-4-6-11(19)7-5-10/h1-7,12,21H,8-9H2,(H,20,22)/t12-/m1/s1. The number of carbonyl (C=O) groups is 1. The molecule has 2 aromatic carbocycles. The van der Waals surface area contributed by atoms with Gasteiger partial charge in [-0.05, 0) is 36.2 Å². The van der Waals surface area contributed by atoms with E-state index in [4.69, 9.17) is 23.2 Å². The summed E-state index contributed by atoms with van der Waals surface area (Å²) in [6.07, 6.45) is 0.366. The second-order valence-electron chi connectivity index (χ2n) is 4.78. The molecule has 6 heteroatoms. The van der Waals surface area contributed by atoms with Crippen LogP contribution in [0, 0.1) is 5.82 Å². The van der Waals surface area contributed by atoms with E-state index in [9.17, 15) is 14.3 Å². The van der Waals surface area contributed by atoms with Gasteiger partial charge in [-0.15, -0.1) is 0 Å². The van der Waals surface area contributed by atoms with E-state index in [1.807, 2.05) is 0 Å². The first-order chi connectivity index (χ1) is 10.5. The maximum absolute atomic E-state index is 12.9. The predicted molar refractivity (Wildman–Crippen MR) is 84.9 cm³/mol. The Labute approximate surface area is 137 Å². The number of carbonyl (C=O) groups excluding carboxylic acids is 1. The van der Waals surface area contributed by atoms with Gasteiger partial charge in [0.2, 0.25) is 0 Å². The summed E-state index contributed by atoms with van der Waals surface area (Å²) in [7, 11) is 0. The number of nitrogens with one attached hydrogen (secondary N) is 1. The Balaban J connectivity index is 2.09. The van der Waals surface area contributed by atoms with E-state index >= 15 is 0 Å². The molecule has 0 unspecified atom stereocenters. The minimum Gasteiger partial charge on any atom is -0.394 e. The van der Waals surface area contributed by atoms with E-state index in [2.05, 4.69) is 5.32 Å². The van der Waals surface area contributed by atoms with Crippen LogP contribution < -0.4 is 5.32 Å². The van der Waals surface area contributed by atoms with Crippen molar-refractivity contribution in [1.29, 1.82) is 0 Å². The summed E-state index contributed by atoms with van der Waals surface area (Å²) in [5.41, 5.74) is 0.967. The molecule has 0 radical (unpaired) electrons. The zero-order chi connectivity index (χ0) is 16.1. The van der Waals surface area contributed by atoms with Gasteiger partial charge in [0.1, 0.15) is 5.82 Å². The van der Waals surface area contributed by atoms with E-state index in [-0.39, 0.29) is 28.0 Å². The van der Waals surface area contributed by atoms with E-state index in [0.717, 1.165) is 5.56 Å². The minimum atomic E-state index is -0.523. The molecule has 0 aliphatic carbocycles. The van der Waals surface area contributed by atoms with Crippen molar-refractivity contribution >= 4 is 29.1 Å². The molecule has 1 amide bonds. The first kappa shape index (κ1) is 16.7. The Morgan fingerprint density at radius 1 is 1.14 bits per heavy atom. The molecule has 0 fully saturated rings. The average Bonchev–Trinajstić information content (AvgIpc) is 2.48. The van der Waals surface area contributed by atoms with E-state index in [0.29, 0.717) is 6.42 Å². The summed E-state index contributed by atoms with van der Waals surface area (Å²) in [5.74, 6) is -0.798. The summed E-state index contributed by atoms with van der Waals surface area (Å²) < 4.78 is 12.9. The van der Waals surface area contributed by atoms with Gasteiger partial charge in [0.25, 0.3) is 5.91 Å². The van der Waals surface area contributed by atoms with Gasteiger partial charge in [0.05, 0.1) is 28.3 Å². The number of amides is 1. The fourth-order valence-corrected chi connectivity index (χ4v) is 2.61. The van der Waals surface area contributed by atoms with Crippen molar-refractivity contribution in [2.45, 2.75) is 12.5 Å². The number of hydrogen-bond donors (Lipinski definition) is 2. The highest BCUT2D eigenvalue weighted by Crippen LogP contribution is 2.24. The molecule has 2 aromatic rings. The first-order valence-corrected chi connectivity index (χ1v) is 7.37. The molecule has 0 saturated carbocycles. The quantitative estimate of drug-likeness (QED) is 0.874. The minimum absolute atomic E-state index is 0.170. The van der Waals surface area contributed by atoms with Crippen LogP contribution in [-0.2, 0) is 6.42 Å². The van der Waals surface area contributed by atoms with Crippen molar-refractivity contribution in [1.82, 2.24) is 5.32 Å². The lowest BCUT2D eigenvalue weighted by atomic mass is 10.1. The van der Waals surface area contributed by atoms with Crippen LogP contribution in [0.15, 0.2) is 42.5 Å². The summed E-state index contributed by atoms with van der Waals surface area (Å²) in [4.78, 5) is 12.2. The summed E-state index contributed by atoms with van der Waals surface area (Å²) in [6, 6.07) is 10.1. The normalized spacial score (nSPS) is 12.0. The third-order valence-electron chi connectivity index (χ3n) is 3.14. The molecular formula is C16H14Cl2FNO2. The van der Waals surface area contributed by atoms with Crippen molar-refractivity contribution < 1.29 is 14.3 Å². The van der Waals surface area contributed by atoms with Crippen LogP contribution in [0.5, 0.6) is 0 Å². The number of hydrogen-bond acceptors (Lipinski definition) is 2. The zero-order valence-corrected chi connectivity index (χ0v) is 13.0. The third-order valence-corrected chi connectivity index (χ3v) is 3.77. The summed E-state index contributed by atoms with van der Waals surface area (Å²) >= 11 is 12.0. The van der Waals surface area contributed by atoms with Gasteiger partial charge in [-0.1, -0.05) is 41.4 Å². The van der Waals surface area contributed by atoms with Gasteiger partial charge in [-0.2, -0.15) is 0 Å². The molecule has 0 saturated heterocycles. The van der Waals surface area contributed by atoms with Crippen LogP contribution in [-0.4, -0.2) is 23.7 Å². The largest absolute Gasteiger partial charge is 0.394 e. The molecule has 116 valence electrons. The Kier molecular flexibility index (Phi) is 5.77. The molecule has 0 aliphatic heterocycles. The van der Waals surface area contributed by atoms with Gasteiger partial charge in [-0.25, -0.2) is 4.39 Å². The number of benzene rings is 2. The number of aliphatic hydroxyl groups is 1. The van der Waals surface area contributed by atoms with Crippen LogP contribution in [0.1, 0.15) is 15.9 Å². The topological polar surface area (TPSA) is 49.3 Å². The molecule has 0 aromatic heterocycles. The lowest BCUT2D eigenvalue weighted by molar-refractivity contribution is 0.0917. The molecule has 0 spiro atoms. The van der Waals surface area contributed by atoms with Crippen LogP contribution in [0.3, 0.4) is 0 Å². The zero-order valence-electron chi connectivity index (χ0n) is 11.5. The highest BCUT2D eigenvalue weighted by atomic mass is 35.5. The monoisotopic (exact) mass is 341 g/mol. The Morgan fingerprint density at radius 3 is 2.27 bits per heavy atom. The molecule has 0 bridgehead atoms. The van der Waals surface area contributed by atoms with Gasteiger partial charge in [-0.3, -0.25) is 4.79 Å². The van der Waals surface area contributed by atoms with Gasteiger partial charge < -0.3 is 10.4 Å². The predicted octanol–water partition coefficient (Wildman–Crippen LogP) is 3.47. The lowest BCUT2D eigenvalue weighted by Crippen LogP contribution is -2.39. The van der Waals surface area contributed by atoms with Crippen molar-refractivity contribution in [2.24, 2.45) is 0 Å². The Hall–Kier alpha value is -1.62. The van der Waals surface area contributed by atoms with Crippen molar-refractivity contribution in [3.8, 4) is 0 Å². The van der Waals surface area contributed by atoms with Crippen molar-refractivity contribution in [3.63, 3.8) is 0 Å². The second-order valence-corrected chi connectivity index (χ2v) is 5.59. The van der Waals surface area contributed by atoms with Gasteiger partial charge >= 0.3 is 0 Å². The van der Waals surface area contributed by atoms with Crippen LogP contribution >= 0.6 is 23.2 Å². The Morgan fingerprint density at radius 2 is 1.73 bits per heavy atom. The van der Waals surface area contributed by atoms with Gasteiger partial charge in [0.15, 0.2) is 0 Å². The van der Waals surface area contributed by atoms with Crippen LogP contribution in [0.25, 0.3) is 0 Å². The van der Waals surface area contributed by atoms with Crippen molar-refractivity contribution in [3.05, 3.63) is 69.5 Å². The molecule has 2 N–H and O–H groups in total. The second kappa shape index (κ2) is 7.58. The molecule has 0 aliphatic rings. The Bertz CT molecular complexity index is 641. The van der Waals surface area contributed by atoms with Crippen LogP contribution in [0.2, 0.25) is 10.0 Å². The fourth-order valence-electron chi connectivity index (χ4n) is 2.04. The van der Waals surface area contributed by atoms with Crippen molar-refractivity contribution in [2.75, 3.05) is 6.61 Å². The van der Waals surface area contributed by atoms with Crippen LogP contribution in [0.4, 0.5) is 4.39 Å².